The number of hydrogen-bond donors (Lipinski definition) is 0. The SMILES string of the molecule is Clc1cc(C(c2ccccc2)c2ccccc2)c(Cl)c(Cl)c1Cl. The zero-order valence-corrected chi connectivity index (χ0v) is 15.0. The number of halogens is 4. The van der Waals surface area contributed by atoms with Gasteiger partial charge >= 0.3 is 0 Å². The van der Waals surface area contributed by atoms with Crippen molar-refractivity contribution in [3.8, 4) is 0 Å². The van der Waals surface area contributed by atoms with E-state index in [-0.39, 0.29) is 16.0 Å². The Morgan fingerprint density at radius 2 is 1.04 bits per heavy atom. The third-order valence-corrected chi connectivity index (χ3v) is 5.47. The molecule has 0 aliphatic carbocycles. The molecule has 0 bridgehead atoms. The van der Waals surface area contributed by atoms with E-state index in [0.717, 1.165) is 16.7 Å². The van der Waals surface area contributed by atoms with Crippen LogP contribution >= 0.6 is 46.4 Å². The molecule has 0 nitrogen and oxygen atoms in total. The Kier molecular flexibility index (Phi) is 5.18. The lowest BCUT2D eigenvalue weighted by atomic mass is 9.85. The summed E-state index contributed by atoms with van der Waals surface area (Å²) < 4.78 is 0. The van der Waals surface area contributed by atoms with Crippen molar-refractivity contribution >= 4 is 46.4 Å². The topological polar surface area (TPSA) is 0 Å². The van der Waals surface area contributed by atoms with Gasteiger partial charge in [0.05, 0.1) is 20.1 Å². The molecule has 4 heteroatoms. The minimum absolute atomic E-state index is 0.0721. The van der Waals surface area contributed by atoms with E-state index in [1.807, 2.05) is 36.4 Å². The van der Waals surface area contributed by atoms with Gasteiger partial charge in [0.2, 0.25) is 0 Å². The molecule has 0 aliphatic rings. The molecule has 3 aromatic rings. The van der Waals surface area contributed by atoms with Gasteiger partial charge in [-0.2, -0.15) is 0 Å². The highest BCUT2D eigenvalue weighted by Crippen LogP contribution is 2.44. The van der Waals surface area contributed by atoms with Crippen LogP contribution in [0.5, 0.6) is 0 Å². The Morgan fingerprint density at radius 1 is 0.565 bits per heavy atom. The molecule has 0 aromatic heterocycles. The van der Waals surface area contributed by atoms with Crippen LogP contribution in [0.3, 0.4) is 0 Å². The van der Waals surface area contributed by atoms with Crippen LogP contribution in [0, 0.1) is 0 Å². The van der Waals surface area contributed by atoms with Gasteiger partial charge in [-0.3, -0.25) is 0 Å². The van der Waals surface area contributed by atoms with Crippen molar-refractivity contribution in [2.45, 2.75) is 5.92 Å². The summed E-state index contributed by atoms with van der Waals surface area (Å²) in [6, 6.07) is 22.0. The summed E-state index contributed by atoms with van der Waals surface area (Å²) in [6.07, 6.45) is 0. The quantitative estimate of drug-likeness (QED) is 0.250. The fourth-order valence-corrected chi connectivity index (χ4v) is 3.57. The van der Waals surface area contributed by atoms with E-state index in [1.165, 1.54) is 0 Å². The van der Waals surface area contributed by atoms with E-state index in [4.69, 9.17) is 46.4 Å². The van der Waals surface area contributed by atoms with Crippen LogP contribution in [-0.2, 0) is 0 Å². The lowest BCUT2D eigenvalue weighted by molar-refractivity contribution is 0.978. The van der Waals surface area contributed by atoms with Crippen LogP contribution in [0.15, 0.2) is 66.7 Å². The summed E-state index contributed by atoms with van der Waals surface area (Å²) in [5.74, 6) is -0.0721. The van der Waals surface area contributed by atoms with Crippen molar-refractivity contribution < 1.29 is 0 Å². The van der Waals surface area contributed by atoms with Gasteiger partial charge in [-0.1, -0.05) is 107 Å². The van der Waals surface area contributed by atoms with Crippen LogP contribution < -0.4 is 0 Å². The highest BCUT2D eigenvalue weighted by atomic mass is 35.5. The number of hydrogen-bond acceptors (Lipinski definition) is 0. The molecule has 3 aromatic carbocycles. The first kappa shape index (κ1) is 16.7. The molecule has 0 radical (unpaired) electrons. The lowest BCUT2D eigenvalue weighted by Gasteiger charge is -2.21. The maximum Gasteiger partial charge on any atom is 0.0796 e. The second kappa shape index (κ2) is 7.15. The minimum atomic E-state index is -0.0721. The Labute approximate surface area is 155 Å². The van der Waals surface area contributed by atoms with Gasteiger partial charge in [0.25, 0.3) is 0 Å². The van der Waals surface area contributed by atoms with E-state index >= 15 is 0 Å². The zero-order valence-electron chi connectivity index (χ0n) is 11.9. The van der Waals surface area contributed by atoms with E-state index < -0.39 is 0 Å². The van der Waals surface area contributed by atoms with Crippen LogP contribution in [0.25, 0.3) is 0 Å². The van der Waals surface area contributed by atoms with Gasteiger partial charge < -0.3 is 0 Å². The van der Waals surface area contributed by atoms with Gasteiger partial charge in [-0.25, -0.2) is 0 Å². The molecule has 0 saturated heterocycles. The summed E-state index contributed by atoms with van der Waals surface area (Å²) in [7, 11) is 0. The maximum absolute atomic E-state index is 6.49. The van der Waals surface area contributed by atoms with E-state index in [9.17, 15) is 0 Å². The Morgan fingerprint density at radius 3 is 1.52 bits per heavy atom. The largest absolute Gasteiger partial charge is 0.0826 e. The average molecular weight is 382 g/mol. The van der Waals surface area contributed by atoms with E-state index in [1.54, 1.807) is 6.07 Å². The van der Waals surface area contributed by atoms with Crippen molar-refractivity contribution in [1.82, 2.24) is 0 Å². The van der Waals surface area contributed by atoms with E-state index in [2.05, 4.69) is 24.3 Å². The van der Waals surface area contributed by atoms with Crippen LogP contribution in [0.4, 0.5) is 0 Å². The first-order valence-electron chi connectivity index (χ1n) is 7.02. The Hall–Kier alpha value is -1.18. The molecule has 0 heterocycles. The molecule has 116 valence electrons. The van der Waals surface area contributed by atoms with Gasteiger partial charge in [0.1, 0.15) is 0 Å². The molecule has 0 fully saturated rings. The van der Waals surface area contributed by atoms with Gasteiger partial charge in [0.15, 0.2) is 0 Å². The molecule has 0 saturated carbocycles. The van der Waals surface area contributed by atoms with Crippen molar-refractivity contribution in [2.75, 3.05) is 0 Å². The van der Waals surface area contributed by atoms with Crippen LogP contribution in [0.2, 0.25) is 20.1 Å². The summed E-state index contributed by atoms with van der Waals surface area (Å²) in [4.78, 5) is 0. The standard InChI is InChI=1S/C19H12Cl4/c20-15-11-14(17(21)19(23)18(15)22)16(12-7-3-1-4-8-12)13-9-5-2-6-10-13/h1-11,16H. The van der Waals surface area contributed by atoms with Crippen LogP contribution in [-0.4, -0.2) is 0 Å². The summed E-state index contributed by atoms with van der Waals surface area (Å²) in [6.45, 7) is 0. The number of rotatable bonds is 3. The molecule has 0 unspecified atom stereocenters. The predicted molar refractivity (Wildman–Crippen MR) is 100 cm³/mol. The average Bonchev–Trinajstić information content (AvgIpc) is 2.60. The predicted octanol–water partition coefficient (Wildman–Crippen LogP) is 7.48. The van der Waals surface area contributed by atoms with Crippen molar-refractivity contribution in [1.29, 1.82) is 0 Å². The molecule has 0 atom stereocenters. The monoisotopic (exact) mass is 380 g/mol. The molecule has 0 N–H and O–H groups in total. The third-order valence-electron chi connectivity index (χ3n) is 3.71. The molecule has 0 spiro atoms. The van der Waals surface area contributed by atoms with Gasteiger partial charge in [-0.15, -0.1) is 0 Å². The first-order valence-corrected chi connectivity index (χ1v) is 8.53. The van der Waals surface area contributed by atoms with Gasteiger partial charge in [-0.05, 0) is 22.8 Å². The molecule has 3 rings (SSSR count). The lowest BCUT2D eigenvalue weighted by Crippen LogP contribution is -2.04. The maximum atomic E-state index is 6.49. The third kappa shape index (κ3) is 3.36. The van der Waals surface area contributed by atoms with Crippen molar-refractivity contribution in [3.63, 3.8) is 0 Å². The van der Waals surface area contributed by atoms with E-state index in [0.29, 0.717) is 10.0 Å². The smallest absolute Gasteiger partial charge is 0.0796 e. The minimum Gasteiger partial charge on any atom is -0.0826 e. The molecule has 0 aliphatic heterocycles. The summed E-state index contributed by atoms with van der Waals surface area (Å²) >= 11 is 25.1. The number of benzene rings is 3. The Balaban J connectivity index is 2.26. The second-order valence-electron chi connectivity index (χ2n) is 5.14. The molecule has 23 heavy (non-hydrogen) atoms. The zero-order chi connectivity index (χ0) is 16.4. The first-order chi connectivity index (χ1) is 11.1. The van der Waals surface area contributed by atoms with Crippen molar-refractivity contribution in [2.24, 2.45) is 0 Å². The summed E-state index contributed by atoms with van der Waals surface area (Å²) in [5.41, 5.74) is 3.05. The normalized spacial score (nSPS) is 11.0. The van der Waals surface area contributed by atoms with Crippen molar-refractivity contribution in [3.05, 3.63) is 104 Å². The molecular formula is C19H12Cl4. The molecular weight excluding hydrogens is 370 g/mol. The molecule has 0 amide bonds. The second-order valence-corrected chi connectivity index (χ2v) is 6.69. The highest BCUT2D eigenvalue weighted by Gasteiger charge is 2.23. The van der Waals surface area contributed by atoms with Gasteiger partial charge in [0, 0.05) is 5.92 Å². The Bertz CT molecular complexity index is 774. The fourth-order valence-electron chi connectivity index (χ4n) is 2.64. The summed E-state index contributed by atoms with van der Waals surface area (Å²) in [5, 5.41) is 1.39. The highest BCUT2D eigenvalue weighted by molar-refractivity contribution is 6.52. The fraction of sp³-hybridized carbons (Fsp3) is 0.0526. The van der Waals surface area contributed by atoms with Crippen LogP contribution in [0.1, 0.15) is 22.6 Å².